The number of carbonyl (C=O) groups is 2. The van der Waals surface area contributed by atoms with Crippen molar-refractivity contribution in [2.75, 3.05) is 6.61 Å². The van der Waals surface area contributed by atoms with Gasteiger partial charge in [0.25, 0.3) is 5.91 Å². The molecule has 1 aromatic heterocycles. The molecule has 0 bridgehead atoms. The average Bonchev–Trinajstić information content (AvgIpc) is 2.97. The van der Waals surface area contributed by atoms with E-state index >= 15 is 0 Å². The molecule has 1 heterocycles. The van der Waals surface area contributed by atoms with E-state index in [9.17, 15) is 19.1 Å². The summed E-state index contributed by atoms with van der Waals surface area (Å²) in [4.78, 5) is 25.4. The first-order chi connectivity index (χ1) is 13.3. The van der Waals surface area contributed by atoms with E-state index in [1.165, 1.54) is 16.7 Å². The third-order valence-electron chi connectivity index (χ3n) is 4.70. The first-order valence-electron chi connectivity index (χ1n) is 8.77. The first kappa shape index (κ1) is 19.9. The normalized spacial score (nSPS) is 12.2. The number of phenols is 1. The number of phenolic OH excluding ortho intramolecular Hbond substituents is 1. The molecule has 7 heteroatoms. The van der Waals surface area contributed by atoms with Gasteiger partial charge in [-0.05, 0) is 62.7 Å². The Morgan fingerprint density at radius 3 is 2.46 bits per heavy atom. The van der Waals surface area contributed by atoms with E-state index in [0.29, 0.717) is 21.8 Å². The number of aromatic nitrogens is 1. The molecular formula is C21H19ClFNO4. The highest BCUT2D eigenvalue weighted by Gasteiger charge is 2.30. The number of ether oxygens (including phenoxy) is 1. The van der Waals surface area contributed by atoms with Crippen LogP contribution in [-0.2, 0) is 9.53 Å². The number of hydrogen-bond acceptors (Lipinski definition) is 4. The topological polar surface area (TPSA) is 68.5 Å². The molecule has 1 unspecified atom stereocenters. The number of fused-ring (bicyclic) bond motifs is 1. The summed E-state index contributed by atoms with van der Waals surface area (Å²) in [7, 11) is 0. The van der Waals surface area contributed by atoms with Gasteiger partial charge in [0.05, 0.1) is 18.0 Å². The lowest BCUT2D eigenvalue weighted by atomic mass is 9.97. The van der Waals surface area contributed by atoms with E-state index in [-0.39, 0.29) is 17.5 Å². The molecule has 0 fully saturated rings. The lowest BCUT2D eigenvalue weighted by Gasteiger charge is -2.12. The minimum Gasteiger partial charge on any atom is -0.505 e. The Morgan fingerprint density at radius 2 is 1.86 bits per heavy atom. The second-order valence-electron chi connectivity index (χ2n) is 6.41. The molecule has 146 valence electrons. The zero-order valence-electron chi connectivity index (χ0n) is 15.6. The van der Waals surface area contributed by atoms with Crippen LogP contribution in [0.25, 0.3) is 10.9 Å². The SMILES string of the molecule is CCOC(=O)C(C)c1c(C)n(C(=O)c2ccc(Cl)cc2)c2ccc(O)c(F)c12. The monoisotopic (exact) mass is 403 g/mol. The molecular weight excluding hydrogens is 385 g/mol. The van der Waals surface area contributed by atoms with Crippen molar-refractivity contribution < 1.29 is 23.8 Å². The standard InChI is InChI=1S/C21H19ClFNO4/c1-4-28-21(27)11(2)17-12(3)24(15-9-10-16(25)19(23)18(15)17)20(26)13-5-7-14(22)8-6-13/h5-11,25H,4H2,1-3H3. The summed E-state index contributed by atoms with van der Waals surface area (Å²) in [6.07, 6.45) is 0. The number of nitrogens with zero attached hydrogens (tertiary/aromatic N) is 1. The largest absolute Gasteiger partial charge is 0.505 e. The molecule has 0 aliphatic carbocycles. The number of benzene rings is 2. The Labute approximate surface area is 166 Å². The van der Waals surface area contributed by atoms with Crippen molar-refractivity contribution >= 4 is 34.4 Å². The highest BCUT2D eigenvalue weighted by molar-refractivity contribution is 6.30. The van der Waals surface area contributed by atoms with Gasteiger partial charge in [0, 0.05) is 21.7 Å². The van der Waals surface area contributed by atoms with Crippen LogP contribution in [0.4, 0.5) is 4.39 Å². The molecule has 0 aliphatic heterocycles. The average molecular weight is 404 g/mol. The second-order valence-corrected chi connectivity index (χ2v) is 6.85. The zero-order chi connectivity index (χ0) is 20.6. The Hall–Kier alpha value is -2.86. The molecule has 2 aromatic carbocycles. The predicted molar refractivity (Wildman–Crippen MR) is 105 cm³/mol. The van der Waals surface area contributed by atoms with E-state index in [4.69, 9.17) is 16.3 Å². The number of hydrogen-bond donors (Lipinski definition) is 1. The van der Waals surface area contributed by atoms with Gasteiger partial charge in [0.1, 0.15) is 0 Å². The van der Waals surface area contributed by atoms with Crippen LogP contribution in [0.2, 0.25) is 5.02 Å². The Morgan fingerprint density at radius 1 is 1.21 bits per heavy atom. The van der Waals surface area contributed by atoms with Crippen LogP contribution >= 0.6 is 11.6 Å². The Bertz CT molecular complexity index is 1070. The van der Waals surface area contributed by atoms with Gasteiger partial charge in [0.15, 0.2) is 11.6 Å². The summed E-state index contributed by atoms with van der Waals surface area (Å²) < 4.78 is 21.2. The lowest BCUT2D eigenvalue weighted by molar-refractivity contribution is -0.144. The molecule has 0 spiro atoms. The fourth-order valence-electron chi connectivity index (χ4n) is 3.38. The zero-order valence-corrected chi connectivity index (χ0v) is 16.4. The van der Waals surface area contributed by atoms with Crippen LogP contribution < -0.4 is 0 Å². The van der Waals surface area contributed by atoms with E-state index < -0.39 is 29.4 Å². The van der Waals surface area contributed by atoms with Crippen LogP contribution in [0.3, 0.4) is 0 Å². The maximum atomic E-state index is 14.8. The van der Waals surface area contributed by atoms with E-state index in [1.807, 2.05) is 0 Å². The molecule has 1 atom stereocenters. The number of esters is 1. The maximum absolute atomic E-state index is 14.8. The van der Waals surface area contributed by atoms with Crippen LogP contribution in [0.15, 0.2) is 36.4 Å². The molecule has 0 aliphatic rings. The number of aromatic hydroxyl groups is 1. The van der Waals surface area contributed by atoms with Gasteiger partial charge in [-0.2, -0.15) is 0 Å². The van der Waals surface area contributed by atoms with Crippen molar-refractivity contribution in [2.24, 2.45) is 0 Å². The van der Waals surface area contributed by atoms with Gasteiger partial charge in [0.2, 0.25) is 0 Å². The fraction of sp³-hybridized carbons (Fsp3) is 0.238. The summed E-state index contributed by atoms with van der Waals surface area (Å²) in [5.74, 6) is -3.19. The summed E-state index contributed by atoms with van der Waals surface area (Å²) >= 11 is 5.89. The van der Waals surface area contributed by atoms with E-state index in [0.717, 1.165) is 0 Å². The lowest BCUT2D eigenvalue weighted by Crippen LogP contribution is -2.16. The maximum Gasteiger partial charge on any atom is 0.313 e. The highest BCUT2D eigenvalue weighted by atomic mass is 35.5. The number of halogens is 2. The van der Waals surface area contributed by atoms with Crippen LogP contribution in [0.1, 0.15) is 41.4 Å². The van der Waals surface area contributed by atoms with Gasteiger partial charge < -0.3 is 9.84 Å². The Kier molecular flexibility index (Phi) is 5.42. The molecule has 0 radical (unpaired) electrons. The van der Waals surface area contributed by atoms with Gasteiger partial charge in [-0.1, -0.05) is 11.6 Å². The number of carbonyl (C=O) groups excluding carboxylic acids is 2. The molecule has 1 N–H and O–H groups in total. The third kappa shape index (κ3) is 3.24. The smallest absolute Gasteiger partial charge is 0.313 e. The highest BCUT2D eigenvalue weighted by Crippen LogP contribution is 2.37. The molecule has 0 amide bonds. The molecule has 3 aromatic rings. The van der Waals surface area contributed by atoms with Crippen LogP contribution in [0.5, 0.6) is 5.75 Å². The van der Waals surface area contributed by atoms with Crippen molar-refractivity contribution in [3.05, 3.63) is 64.1 Å². The van der Waals surface area contributed by atoms with Gasteiger partial charge >= 0.3 is 5.97 Å². The minimum atomic E-state index is -0.880. The van der Waals surface area contributed by atoms with Crippen molar-refractivity contribution in [1.29, 1.82) is 0 Å². The Balaban J connectivity index is 2.28. The number of rotatable bonds is 4. The van der Waals surface area contributed by atoms with Crippen molar-refractivity contribution in [1.82, 2.24) is 4.57 Å². The van der Waals surface area contributed by atoms with Gasteiger partial charge in [-0.25, -0.2) is 4.39 Å². The van der Waals surface area contributed by atoms with Crippen molar-refractivity contribution in [3.8, 4) is 5.75 Å². The first-order valence-corrected chi connectivity index (χ1v) is 9.15. The van der Waals surface area contributed by atoms with Crippen LogP contribution in [-0.4, -0.2) is 28.2 Å². The van der Waals surface area contributed by atoms with Gasteiger partial charge in [-0.15, -0.1) is 0 Å². The van der Waals surface area contributed by atoms with Crippen molar-refractivity contribution in [2.45, 2.75) is 26.7 Å². The van der Waals surface area contributed by atoms with Crippen LogP contribution in [0, 0.1) is 12.7 Å². The molecule has 3 rings (SSSR count). The summed E-state index contributed by atoms with van der Waals surface area (Å²) in [6.45, 7) is 5.07. The predicted octanol–water partition coefficient (Wildman–Crippen LogP) is 4.80. The molecule has 28 heavy (non-hydrogen) atoms. The molecule has 5 nitrogen and oxygen atoms in total. The van der Waals surface area contributed by atoms with Gasteiger partial charge in [-0.3, -0.25) is 14.2 Å². The fourth-order valence-corrected chi connectivity index (χ4v) is 3.50. The molecule has 0 saturated carbocycles. The van der Waals surface area contributed by atoms with E-state index in [1.54, 1.807) is 45.0 Å². The second kappa shape index (κ2) is 7.64. The van der Waals surface area contributed by atoms with E-state index in [2.05, 4.69) is 0 Å². The quantitative estimate of drug-likeness (QED) is 0.635. The summed E-state index contributed by atoms with van der Waals surface area (Å²) in [5.41, 5.74) is 1.33. The minimum absolute atomic E-state index is 0.0281. The summed E-state index contributed by atoms with van der Waals surface area (Å²) in [5, 5.41) is 10.4. The van der Waals surface area contributed by atoms with Crippen molar-refractivity contribution in [3.63, 3.8) is 0 Å². The third-order valence-corrected chi connectivity index (χ3v) is 4.95. The summed E-state index contributed by atoms with van der Waals surface area (Å²) in [6, 6.07) is 8.95. The molecule has 0 saturated heterocycles.